The van der Waals surface area contributed by atoms with Crippen molar-refractivity contribution in [3.8, 4) is 0 Å². The van der Waals surface area contributed by atoms with Gasteiger partial charge in [0.1, 0.15) is 6.04 Å². The highest BCUT2D eigenvalue weighted by Gasteiger charge is 2.39. The summed E-state index contributed by atoms with van der Waals surface area (Å²) in [5, 5.41) is 2.84. The van der Waals surface area contributed by atoms with Crippen LogP contribution in [0, 0.1) is 11.3 Å². The molecule has 2 amide bonds. The zero-order valence-electron chi connectivity index (χ0n) is 13.8. The van der Waals surface area contributed by atoms with Crippen LogP contribution < -0.4 is 5.32 Å². The molecule has 2 rings (SSSR count). The van der Waals surface area contributed by atoms with Gasteiger partial charge in [-0.25, -0.2) is 0 Å². The van der Waals surface area contributed by atoms with E-state index >= 15 is 0 Å². The maximum Gasteiger partial charge on any atom is 0.246 e. The summed E-state index contributed by atoms with van der Waals surface area (Å²) in [7, 11) is 2.16. The summed E-state index contributed by atoms with van der Waals surface area (Å²) in [6, 6.07) is -0.392. The number of likely N-dealkylation sites (tertiary alicyclic amines) is 1. The predicted molar refractivity (Wildman–Crippen MR) is 82.8 cm³/mol. The van der Waals surface area contributed by atoms with E-state index < -0.39 is 6.04 Å². The molecule has 1 unspecified atom stereocenters. The number of carbonyl (C=O) groups excluding carboxylic acids is 2. The van der Waals surface area contributed by atoms with E-state index in [2.05, 4.69) is 17.3 Å². The van der Waals surface area contributed by atoms with Crippen molar-refractivity contribution >= 4 is 11.8 Å². The number of amides is 2. The molecule has 0 radical (unpaired) electrons. The summed E-state index contributed by atoms with van der Waals surface area (Å²) in [5.41, 5.74) is -0.237. The van der Waals surface area contributed by atoms with Gasteiger partial charge in [0.2, 0.25) is 11.8 Å². The third-order valence-electron chi connectivity index (χ3n) is 4.71. The van der Waals surface area contributed by atoms with Crippen LogP contribution in [0.4, 0.5) is 0 Å². The van der Waals surface area contributed by atoms with Crippen LogP contribution >= 0.6 is 0 Å². The number of rotatable bonds is 3. The minimum Gasteiger partial charge on any atom is -0.342 e. The zero-order valence-corrected chi connectivity index (χ0v) is 13.8. The van der Waals surface area contributed by atoms with Crippen LogP contribution in [0.25, 0.3) is 0 Å². The molecule has 1 atom stereocenters. The molecule has 120 valence electrons. The molecule has 5 nitrogen and oxygen atoms in total. The Morgan fingerprint density at radius 2 is 1.81 bits per heavy atom. The molecule has 0 aromatic heterocycles. The lowest BCUT2D eigenvalue weighted by Crippen LogP contribution is -2.62. The highest BCUT2D eigenvalue weighted by Crippen LogP contribution is 2.25. The molecule has 5 heteroatoms. The van der Waals surface area contributed by atoms with Crippen LogP contribution in [0.1, 0.15) is 40.0 Å². The summed E-state index contributed by atoms with van der Waals surface area (Å²) in [5.74, 6) is 0.736. The van der Waals surface area contributed by atoms with Crippen molar-refractivity contribution in [3.05, 3.63) is 0 Å². The van der Waals surface area contributed by atoms with E-state index in [0.717, 1.165) is 19.5 Å². The molecular weight excluding hydrogens is 266 g/mol. The third kappa shape index (κ3) is 4.19. The molecule has 0 bridgehead atoms. The van der Waals surface area contributed by atoms with Gasteiger partial charge in [0, 0.05) is 6.54 Å². The number of hydrogen-bond acceptors (Lipinski definition) is 3. The zero-order chi connectivity index (χ0) is 15.6. The number of piperidine rings is 1. The van der Waals surface area contributed by atoms with Crippen molar-refractivity contribution < 1.29 is 9.59 Å². The minimum atomic E-state index is -0.392. The average molecular weight is 295 g/mol. The Balaban J connectivity index is 1.90. The Bertz CT molecular complexity index is 395. The Morgan fingerprint density at radius 1 is 1.19 bits per heavy atom. The number of piperazine rings is 1. The highest BCUT2D eigenvalue weighted by atomic mass is 16.2. The molecule has 0 aliphatic carbocycles. The lowest BCUT2D eigenvalue weighted by atomic mass is 9.84. The Labute approximate surface area is 128 Å². The summed E-state index contributed by atoms with van der Waals surface area (Å²) in [6.07, 6.45) is 3.42. The Morgan fingerprint density at radius 3 is 2.38 bits per heavy atom. The number of hydrogen-bond donors (Lipinski definition) is 1. The van der Waals surface area contributed by atoms with Crippen LogP contribution in [0.15, 0.2) is 0 Å². The molecule has 2 aliphatic heterocycles. The normalized spacial score (nSPS) is 26.1. The molecular formula is C16H29N3O2. The van der Waals surface area contributed by atoms with Gasteiger partial charge in [-0.05, 0) is 50.7 Å². The van der Waals surface area contributed by atoms with Crippen molar-refractivity contribution in [2.45, 2.75) is 46.1 Å². The number of carbonyl (C=O) groups is 2. The fourth-order valence-electron chi connectivity index (χ4n) is 3.17. The van der Waals surface area contributed by atoms with E-state index in [0.29, 0.717) is 12.5 Å². The van der Waals surface area contributed by atoms with Crippen molar-refractivity contribution in [3.63, 3.8) is 0 Å². The van der Waals surface area contributed by atoms with Gasteiger partial charge in [-0.15, -0.1) is 0 Å². The Hall–Kier alpha value is -1.10. The fourth-order valence-corrected chi connectivity index (χ4v) is 3.17. The van der Waals surface area contributed by atoms with E-state index in [1.54, 1.807) is 4.90 Å². The van der Waals surface area contributed by atoms with E-state index in [-0.39, 0.29) is 23.8 Å². The molecule has 2 fully saturated rings. The van der Waals surface area contributed by atoms with Crippen LogP contribution in [-0.2, 0) is 9.59 Å². The molecule has 1 N–H and O–H groups in total. The van der Waals surface area contributed by atoms with Gasteiger partial charge in [0.05, 0.1) is 6.54 Å². The lowest BCUT2D eigenvalue weighted by molar-refractivity contribution is -0.147. The molecule has 21 heavy (non-hydrogen) atoms. The average Bonchev–Trinajstić information content (AvgIpc) is 2.40. The van der Waals surface area contributed by atoms with E-state index in [4.69, 9.17) is 0 Å². The first-order valence-electron chi connectivity index (χ1n) is 8.04. The van der Waals surface area contributed by atoms with Gasteiger partial charge in [-0.3, -0.25) is 9.59 Å². The summed E-state index contributed by atoms with van der Waals surface area (Å²) < 4.78 is 0. The van der Waals surface area contributed by atoms with Gasteiger partial charge in [-0.1, -0.05) is 20.8 Å². The summed E-state index contributed by atoms with van der Waals surface area (Å²) in [6.45, 7) is 9.21. The second-order valence-corrected chi connectivity index (χ2v) is 7.66. The van der Waals surface area contributed by atoms with Crippen LogP contribution in [0.5, 0.6) is 0 Å². The van der Waals surface area contributed by atoms with Crippen LogP contribution in [0.3, 0.4) is 0 Å². The van der Waals surface area contributed by atoms with Gasteiger partial charge in [-0.2, -0.15) is 0 Å². The van der Waals surface area contributed by atoms with Crippen molar-refractivity contribution in [1.82, 2.24) is 15.1 Å². The quantitative estimate of drug-likeness (QED) is 0.848. The molecule has 0 saturated carbocycles. The topological polar surface area (TPSA) is 52.6 Å². The molecule has 0 aromatic rings. The Kier molecular flexibility index (Phi) is 4.91. The summed E-state index contributed by atoms with van der Waals surface area (Å²) in [4.78, 5) is 28.5. The second-order valence-electron chi connectivity index (χ2n) is 7.66. The first kappa shape index (κ1) is 16.3. The second kappa shape index (κ2) is 6.34. The molecule has 2 aliphatic rings. The maximum absolute atomic E-state index is 12.5. The fraction of sp³-hybridized carbons (Fsp3) is 0.875. The van der Waals surface area contributed by atoms with E-state index in [1.807, 2.05) is 20.8 Å². The van der Waals surface area contributed by atoms with Crippen LogP contribution in [-0.4, -0.2) is 60.9 Å². The van der Waals surface area contributed by atoms with Crippen molar-refractivity contribution in [2.75, 3.05) is 33.2 Å². The minimum absolute atomic E-state index is 0.0297. The predicted octanol–water partition coefficient (Wildman–Crippen LogP) is 1.09. The molecule has 2 heterocycles. The highest BCUT2D eigenvalue weighted by molar-refractivity contribution is 5.95. The molecule has 2 saturated heterocycles. The first-order chi connectivity index (χ1) is 9.77. The first-order valence-corrected chi connectivity index (χ1v) is 8.04. The monoisotopic (exact) mass is 295 g/mol. The molecule has 0 aromatic carbocycles. The van der Waals surface area contributed by atoms with Gasteiger partial charge < -0.3 is 15.1 Å². The van der Waals surface area contributed by atoms with E-state index in [9.17, 15) is 9.59 Å². The smallest absolute Gasteiger partial charge is 0.246 e. The largest absolute Gasteiger partial charge is 0.342 e. The third-order valence-corrected chi connectivity index (χ3v) is 4.71. The van der Waals surface area contributed by atoms with Crippen molar-refractivity contribution in [2.24, 2.45) is 11.3 Å². The van der Waals surface area contributed by atoms with Gasteiger partial charge in [0.15, 0.2) is 0 Å². The van der Waals surface area contributed by atoms with Crippen LogP contribution in [0.2, 0.25) is 0 Å². The number of nitrogens with one attached hydrogen (secondary N) is 1. The van der Waals surface area contributed by atoms with Gasteiger partial charge in [0.25, 0.3) is 0 Å². The van der Waals surface area contributed by atoms with E-state index in [1.165, 1.54) is 12.8 Å². The maximum atomic E-state index is 12.5. The standard InChI is InChI=1S/C16H29N3O2/c1-16(2,3)14-15(21)19(11-13(20)17-14)10-7-12-5-8-18(4)9-6-12/h12,14H,5-11H2,1-4H3,(H,17,20). The molecule has 0 spiro atoms. The summed E-state index contributed by atoms with van der Waals surface area (Å²) >= 11 is 0. The number of nitrogens with zero attached hydrogens (tertiary/aromatic N) is 2. The SMILES string of the molecule is CN1CCC(CCN2CC(=O)NC(C(C)(C)C)C2=O)CC1. The lowest BCUT2D eigenvalue weighted by Gasteiger charge is -2.39. The van der Waals surface area contributed by atoms with Crippen molar-refractivity contribution in [1.29, 1.82) is 0 Å². The van der Waals surface area contributed by atoms with Gasteiger partial charge >= 0.3 is 0 Å².